The highest BCUT2D eigenvalue weighted by Crippen LogP contribution is 2.37. The lowest BCUT2D eigenvalue weighted by atomic mass is 10.0. The topological polar surface area (TPSA) is 23.5 Å². The number of nitrogens with zero attached hydrogens (tertiary/aromatic N) is 1. The Labute approximate surface area is 114 Å². The number of hydrogen-bond donors (Lipinski definition) is 1. The minimum atomic E-state index is 0.369. The average Bonchev–Trinajstić information content (AvgIpc) is 2.67. The van der Waals surface area contributed by atoms with E-state index in [2.05, 4.69) is 4.90 Å². The van der Waals surface area contributed by atoms with Gasteiger partial charge in [0.15, 0.2) is 0 Å². The molecule has 2 nitrogen and oxygen atoms in total. The maximum Gasteiger partial charge on any atom is 0.120 e. The molecule has 1 aliphatic carbocycles. The third-order valence-electron chi connectivity index (χ3n) is 4.46. The molecule has 1 saturated carbocycles. The highest BCUT2D eigenvalue weighted by Gasteiger charge is 2.30. The van der Waals surface area contributed by atoms with Crippen LogP contribution < -0.4 is 0 Å². The summed E-state index contributed by atoms with van der Waals surface area (Å²) in [6.45, 7) is 3.17. The minimum absolute atomic E-state index is 0.369. The van der Waals surface area contributed by atoms with Crippen LogP contribution in [0.2, 0.25) is 5.02 Å². The van der Waals surface area contributed by atoms with Gasteiger partial charge >= 0.3 is 0 Å². The van der Waals surface area contributed by atoms with Crippen LogP contribution in [0.25, 0.3) is 0 Å². The maximum atomic E-state index is 9.88. The van der Waals surface area contributed by atoms with Gasteiger partial charge in [0, 0.05) is 23.7 Å². The predicted octanol–water partition coefficient (Wildman–Crippen LogP) is 3.67. The van der Waals surface area contributed by atoms with Crippen molar-refractivity contribution in [3.63, 3.8) is 0 Å². The number of phenolic OH excluding ortho intramolecular Hbond substituents is 1. The number of rotatable bonds is 2. The minimum Gasteiger partial charge on any atom is -0.508 e. The van der Waals surface area contributed by atoms with Gasteiger partial charge < -0.3 is 5.11 Å². The van der Waals surface area contributed by atoms with E-state index in [9.17, 15) is 5.11 Å². The first-order valence-corrected chi connectivity index (χ1v) is 7.28. The lowest BCUT2D eigenvalue weighted by molar-refractivity contribution is 0.226. The van der Waals surface area contributed by atoms with Crippen molar-refractivity contribution in [2.24, 2.45) is 11.8 Å². The Balaban J connectivity index is 1.70. The fourth-order valence-electron chi connectivity index (χ4n) is 3.49. The number of likely N-dealkylation sites (tertiary alicyclic amines) is 1. The molecule has 18 heavy (non-hydrogen) atoms. The summed E-state index contributed by atoms with van der Waals surface area (Å²) < 4.78 is 0. The number of benzene rings is 1. The van der Waals surface area contributed by atoms with Gasteiger partial charge in [-0.15, -0.1) is 0 Å². The summed E-state index contributed by atoms with van der Waals surface area (Å²) in [5, 5.41) is 10.6. The molecule has 0 aromatic heterocycles. The summed E-state index contributed by atoms with van der Waals surface area (Å²) in [5.74, 6) is 2.19. The van der Waals surface area contributed by atoms with E-state index in [0.29, 0.717) is 10.8 Å². The van der Waals surface area contributed by atoms with Crippen molar-refractivity contribution in [1.82, 2.24) is 4.90 Å². The normalized spacial score (nSPS) is 28.3. The van der Waals surface area contributed by atoms with Gasteiger partial charge in [0.2, 0.25) is 0 Å². The van der Waals surface area contributed by atoms with E-state index in [1.54, 1.807) is 12.1 Å². The van der Waals surface area contributed by atoms with Crippen LogP contribution >= 0.6 is 11.6 Å². The van der Waals surface area contributed by atoms with Gasteiger partial charge in [-0.05, 0) is 55.8 Å². The number of phenols is 1. The maximum absolute atomic E-state index is 9.88. The molecule has 2 atom stereocenters. The molecular formula is C15H20ClNO. The number of aromatic hydroxyl groups is 1. The number of hydrogen-bond acceptors (Lipinski definition) is 2. The van der Waals surface area contributed by atoms with Gasteiger partial charge in [-0.2, -0.15) is 0 Å². The van der Waals surface area contributed by atoms with Crippen LogP contribution in [0.3, 0.4) is 0 Å². The SMILES string of the molecule is Oc1ccc(Cl)cc1CN1CCC2CCC(C2)C1. The van der Waals surface area contributed by atoms with Crippen molar-refractivity contribution < 1.29 is 5.11 Å². The summed E-state index contributed by atoms with van der Waals surface area (Å²) in [6, 6.07) is 5.33. The first-order valence-electron chi connectivity index (χ1n) is 6.90. The fourth-order valence-corrected chi connectivity index (χ4v) is 3.69. The monoisotopic (exact) mass is 265 g/mol. The van der Waals surface area contributed by atoms with Crippen molar-refractivity contribution in [1.29, 1.82) is 0 Å². The molecule has 1 saturated heterocycles. The Morgan fingerprint density at radius 2 is 2.06 bits per heavy atom. The zero-order chi connectivity index (χ0) is 12.5. The van der Waals surface area contributed by atoms with Gasteiger partial charge in [0.25, 0.3) is 0 Å². The van der Waals surface area contributed by atoms with Crippen molar-refractivity contribution in [2.75, 3.05) is 13.1 Å². The molecule has 1 N–H and O–H groups in total. The third-order valence-corrected chi connectivity index (χ3v) is 4.69. The van der Waals surface area contributed by atoms with Crippen LogP contribution in [0.4, 0.5) is 0 Å². The van der Waals surface area contributed by atoms with Crippen LogP contribution in [0.5, 0.6) is 5.75 Å². The molecule has 2 unspecified atom stereocenters. The molecule has 2 aliphatic rings. The van der Waals surface area contributed by atoms with Gasteiger partial charge in [-0.1, -0.05) is 18.0 Å². The second-order valence-corrected chi connectivity index (χ2v) is 6.28. The summed E-state index contributed by atoms with van der Waals surface area (Å²) >= 11 is 6.00. The summed E-state index contributed by atoms with van der Waals surface area (Å²) in [7, 11) is 0. The summed E-state index contributed by atoms with van der Waals surface area (Å²) in [4.78, 5) is 2.48. The molecule has 1 aromatic carbocycles. The first kappa shape index (κ1) is 12.3. The lowest BCUT2D eigenvalue weighted by Crippen LogP contribution is -2.28. The molecular weight excluding hydrogens is 246 g/mol. The zero-order valence-corrected chi connectivity index (χ0v) is 11.4. The van der Waals surface area contributed by atoms with E-state index in [-0.39, 0.29) is 0 Å². The second kappa shape index (κ2) is 5.10. The van der Waals surface area contributed by atoms with Crippen molar-refractivity contribution >= 4 is 11.6 Å². The van der Waals surface area contributed by atoms with Gasteiger partial charge in [-0.3, -0.25) is 4.90 Å². The molecule has 1 heterocycles. The fraction of sp³-hybridized carbons (Fsp3) is 0.600. The number of halogens is 1. The molecule has 3 heteroatoms. The highest BCUT2D eigenvalue weighted by atomic mass is 35.5. The number of fused-ring (bicyclic) bond motifs is 2. The highest BCUT2D eigenvalue weighted by molar-refractivity contribution is 6.30. The Morgan fingerprint density at radius 3 is 2.94 bits per heavy atom. The lowest BCUT2D eigenvalue weighted by Gasteiger charge is -2.25. The van der Waals surface area contributed by atoms with Crippen LogP contribution in [0.1, 0.15) is 31.2 Å². The van der Waals surface area contributed by atoms with Crippen LogP contribution in [-0.4, -0.2) is 23.1 Å². The molecule has 2 bridgehead atoms. The standard InChI is InChI=1S/C15H20ClNO/c16-14-3-4-15(18)13(8-14)10-17-6-5-11-1-2-12(7-11)9-17/h3-4,8,11-12,18H,1-2,5-7,9-10H2. The molecule has 3 rings (SSSR count). The quantitative estimate of drug-likeness (QED) is 0.882. The molecule has 1 aromatic rings. The zero-order valence-electron chi connectivity index (χ0n) is 10.6. The average molecular weight is 266 g/mol. The van der Waals surface area contributed by atoms with Crippen LogP contribution in [0.15, 0.2) is 18.2 Å². The molecule has 1 aliphatic heterocycles. The smallest absolute Gasteiger partial charge is 0.120 e. The summed E-state index contributed by atoms with van der Waals surface area (Å²) in [6.07, 6.45) is 5.56. The molecule has 0 radical (unpaired) electrons. The van der Waals surface area contributed by atoms with E-state index in [0.717, 1.165) is 30.5 Å². The molecule has 0 amide bonds. The molecule has 2 fully saturated rings. The Morgan fingerprint density at radius 1 is 1.22 bits per heavy atom. The van der Waals surface area contributed by atoms with E-state index in [1.807, 2.05) is 6.07 Å². The van der Waals surface area contributed by atoms with Crippen molar-refractivity contribution in [2.45, 2.75) is 32.2 Å². The van der Waals surface area contributed by atoms with E-state index >= 15 is 0 Å². The Kier molecular flexibility index (Phi) is 3.49. The summed E-state index contributed by atoms with van der Waals surface area (Å²) in [5.41, 5.74) is 0.959. The molecule has 0 spiro atoms. The Bertz CT molecular complexity index is 435. The first-order chi connectivity index (χ1) is 8.70. The van der Waals surface area contributed by atoms with Crippen LogP contribution in [0, 0.1) is 11.8 Å². The van der Waals surface area contributed by atoms with Gasteiger partial charge in [0.05, 0.1) is 0 Å². The predicted molar refractivity (Wildman–Crippen MR) is 73.8 cm³/mol. The largest absolute Gasteiger partial charge is 0.508 e. The third kappa shape index (κ3) is 2.65. The molecule has 98 valence electrons. The van der Waals surface area contributed by atoms with Crippen LogP contribution in [-0.2, 0) is 6.54 Å². The van der Waals surface area contributed by atoms with E-state index < -0.39 is 0 Å². The van der Waals surface area contributed by atoms with E-state index in [1.165, 1.54) is 32.2 Å². The van der Waals surface area contributed by atoms with Gasteiger partial charge in [0.1, 0.15) is 5.75 Å². The van der Waals surface area contributed by atoms with E-state index in [4.69, 9.17) is 11.6 Å². The van der Waals surface area contributed by atoms with Crippen molar-refractivity contribution in [3.8, 4) is 5.75 Å². The van der Waals surface area contributed by atoms with Gasteiger partial charge in [-0.25, -0.2) is 0 Å². The second-order valence-electron chi connectivity index (χ2n) is 5.84. The Hall–Kier alpha value is -0.730. The van der Waals surface area contributed by atoms with Crippen molar-refractivity contribution in [3.05, 3.63) is 28.8 Å².